The maximum atomic E-state index is 11.3. The maximum Gasteiger partial charge on any atom is 0.334 e. The summed E-state index contributed by atoms with van der Waals surface area (Å²) < 4.78 is 1.54. The van der Waals surface area contributed by atoms with Gasteiger partial charge in [0.15, 0.2) is 0 Å². The number of hydrogen-bond acceptors (Lipinski definition) is 5. The molecule has 0 spiro atoms. The second-order valence-corrected chi connectivity index (χ2v) is 5.18. The zero-order valence-corrected chi connectivity index (χ0v) is 12.5. The predicted molar refractivity (Wildman–Crippen MR) is 79.3 cm³/mol. The summed E-state index contributed by atoms with van der Waals surface area (Å²) >= 11 is 0. The summed E-state index contributed by atoms with van der Waals surface area (Å²) in [6.07, 6.45) is 5.11. The van der Waals surface area contributed by atoms with Crippen molar-refractivity contribution in [3.8, 4) is 0 Å². The van der Waals surface area contributed by atoms with Gasteiger partial charge >= 0.3 is 5.69 Å². The van der Waals surface area contributed by atoms with Gasteiger partial charge < -0.3 is 10.3 Å². The lowest BCUT2D eigenvalue weighted by molar-refractivity contribution is -0.384. The van der Waals surface area contributed by atoms with Crippen LogP contribution >= 0.6 is 0 Å². The summed E-state index contributed by atoms with van der Waals surface area (Å²) in [6.45, 7) is 4.42. The highest BCUT2D eigenvalue weighted by atomic mass is 16.6. The van der Waals surface area contributed by atoms with Gasteiger partial charge in [0, 0.05) is 38.3 Å². The second-order valence-electron chi connectivity index (χ2n) is 5.18. The molecule has 0 amide bonds. The van der Waals surface area contributed by atoms with Crippen molar-refractivity contribution >= 4 is 11.5 Å². The number of aromatic amines is 1. The smallest absolute Gasteiger partial charge is 0.334 e. The van der Waals surface area contributed by atoms with Crippen LogP contribution in [0, 0.1) is 10.1 Å². The van der Waals surface area contributed by atoms with Crippen molar-refractivity contribution in [2.24, 2.45) is 7.05 Å². The van der Waals surface area contributed by atoms with E-state index in [-0.39, 0.29) is 16.5 Å². The summed E-state index contributed by atoms with van der Waals surface area (Å²) in [6, 6.07) is 0. The normalized spacial score (nSPS) is 11.0. The van der Waals surface area contributed by atoms with E-state index in [0.717, 1.165) is 18.7 Å². The van der Waals surface area contributed by atoms with E-state index in [4.69, 9.17) is 0 Å². The first-order valence-corrected chi connectivity index (χ1v) is 6.94. The van der Waals surface area contributed by atoms with Gasteiger partial charge in [-0.05, 0) is 6.42 Å². The number of H-pyrrole nitrogens is 1. The molecule has 2 heterocycles. The number of nitrogens with zero attached hydrogens (tertiary/aromatic N) is 4. The van der Waals surface area contributed by atoms with Crippen LogP contribution in [0.3, 0.4) is 0 Å². The van der Waals surface area contributed by atoms with Gasteiger partial charge in [-0.25, -0.2) is 9.67 Å². The number of aryl methyl sites for hydroxylation is 2. The Morgan fingerprint density at radius 2 is 2.29 bits per heavy atom. The molecule has 0 saturated heterocycles. The molecule has 2 aromatic rings. The van der Waals surface area contributed by atoms with E-state index in [0.29, 0.717) is 18.1 Å². The maximum absolute atomic E-state index is 11.3. The summed E-state index contributed by atoms with van der Waals surface area (Å²) in [7, 11) is 1.72. The molecule has 8 nitrogen and oxygen atoms in total. The van der Waals surface area contributed by atoms with E-state index in [2.05, 4.69) is 20.4 Å². The zero-order chi connectivity index (χ0) is 15.4. The van der Waals surface area contributed by atoms with E-state index in [1.165, 1.54) is 0 Å². The highest BCUT2D eigenvalue weighted by molar-refractivity contribution is 5.60. The SMILES string of the molecule is CC(C)c1nn(C)c(NCCCc2ncc[nH]2)c1[N+](=O)[O-]. The van der Waals surface area contributed by atoms with Crippen LogP contribution in [-0.2, 0) is 13.5 Å². The first kappa shape index (κ1) is 15.0. The van der Waals surface area contributed by atoms with Crippen LogP contribution in [0.4, 0.5) is 11.5 Å². The third-order valence-electron chi connectivity index (χ3n) is 3.22. The van der Waals surface area contributed by atoms with Crippen molar-refractivity contribution in [3.63, 3.8) is 0 Å². The predicted octanol–water partition coefficient (Wildman–Crippen LogP) is 2.22. The third-order valence-corrected chi connectivity index (χ3v) is 3.22. The van der Waals surface area contributed by atoms with Crippen LogP contribution in [-0.4, -0.2) is 31.2 Å². The highest BCUT2D eigenvalue weighted by Crippen LogP contribution is 2.32. The van der Waals surface area contributed by atoms with E-state index < -0.39 is 0 Å². The van der Waals surface area contributed by atoms with Gasteiger partial charge in [-0.3, -0.25) is 10.1 Å². The largest absolute Gasteiger partial charge is 0.365 e. The molecule has 21 heavy (non-hydrogen) atoms. The van der Waals surface area contributed by atoms with Gasteiger partial charge in [0.1, 0.15) is 11.5 Å². The molecule has 0 radical (unpaired) electrons. The Hall–Kier alpha value is -2.38. The van der Waals surface area contributed by atoms with Crippen molar-refractivity contribution in [2.45, 2.75) is 32.6 Å². The molecule has 8 heteroatoms. The standard InChI is InChI=1S/C13H20N6O2/c1-9(2)11-12(19(20)21)13(18(3)17-11)16-6-4-5-10-14-7-8-15-10/h7-9,16H,4-6H2,1-3H3,(H,14,15). The quantitative estimate of drug-likeness (QED) is 0.463. The number of imidazole rings is 1. The minimum atomic E-state index is -0.364. The van der Waals surface area contributed by atoms with Crippen LogP contribution < -0.4 is 5.32 Å². The lowest BCUT2D eigenvalue weighted by Gasteiger charge is -2.05. The summed E-state index contributed by atoms with van der Waals surface area (Å²) in [5, 5.41) is 18.6. The van der Waals surface area contributed by atoms with E-state index in [1.54, 1.807) is 24.1 Å². The van der Waals surface area contributed by atoms with Crippen molar-refractivity contribution in [3.05, 3.63) is 34.0 Å². The lowest BCUT2D eigenvalue weighted by Crippen LogP contribution is -2.09. The minimum absolute atomic E-state index is 0.00951. The molecular formula is C13H20N6O2. The van der Waals surface area contributed by atoms with E-state index in [1.807, 2.05) is 13.8 Å². The fourth-order valence-corrected chi connectivity index (χ4v) is 2.20. The van der Waals surface area contributed by atoms with Gasteiger partial charge in [-0.15, -0.1) is 0 Å². The average molecular weight is 292 g/mol. The molecule has 2 aromatic heterocycles. The van der Waals surface area contributed by atoms with Gasteiger partial charge in [-0.1, -0.05) is 13.8 Å². The summed E-state index contributed by atoms with van der Waals surface area (Å²) in [5.41, 5.74) is 0.585. The Balaban J connectivity index is 2.03. The first-order chi connectivity index (χ1) is 10.0. The third kappa shape index (κ3) is 3.39. The van der Waals surface area contributed by atoms with E-state index in [9.17, 15) is 10.1 Å². The van der Waals surface area contributed by atoms with Crippen molar-refractivity contribution in [1.82, 2.24) is 19.7 Å². The molecule has 2 rings (SSSR count). The molecule has 0 fully saturated rings. The van der Waals surface area contributed by atoms with Crippen LogP contribution in [0.5, 0.6) is 0 Å². The van der Waals surface area contributed by atoms with Crippen LogP contribution in [0.1, 0.15) is 37.7 Å². The molecule has 0 aliphatic carbocycles. The number of rotatable bonds is 7. The number of anilines is 1. The van der Waals surface area contributed by atoms with Crippen LogP contribution in [0.2, 0.25) is 0 Å². The fourth-order valence-electron chi connectivity index (χ4n) is 2.20. The summed E-state index contributed by atoms with van der Waals surface area (Å²) in [4.78, 5) is 18.1. The average Bonchev–Trinajstić information content (AvgIpc) is 3.02. The molecule has 0 bridgehead atoms. The number of nitro groups is 1. The minimum Gasteiger partial charge on any atom is -0.365 e. The Kier molecular flexibility index (Phi) is 4.56. The van der Waals surface area contributed by atoms with Gasteiger partial charge in [0.25, 0.3) is 0 Å². The molecule has 0 aromatic carbocycles. The Bertz CT molecular complexity index is 602. The topological polar surface area (TPSA) is 102 Å². The van der Waals surface area contributed by atoms with Crippen molar-refractivity contribution in [2.75, 3.05) is 11.9 Å². The van der Waals surface area contributed by atoms with Crippen molar-refractivity contribution < 1.29 is 4.92 Å². The van der Waals surface area contributed by atoms with Gasteiger partial charge in [0.05, 0.1) is 4.92 Å². The Morgan fingerprint density at radius 1 is 1.52 bits per heavy atom. The number of nitrogens with one attached hydrogen (secondary N) is 2. The van der Waals surface area contributed by atoms with Gasteiger partial charge in [-0.2, -0.15) is 5.10 Å². The van der Waals surface area contributed by atoms with E-state index >= 15 is 0 Å². The van der Waals surface area contributed by atoms with Crippen molar-refractivity contribution in [1.29, 1.82) is 0 Å². The molecule has 0 aliphatic rings. The summed E-state index contributed by atoms with van der Waals surface area (Å²) in [5.74, 6) is 1.39. The molecular weight excluding hydrogens is 272 g/mol. The number of hydrogen-bond donors (Lipinski definition) is 2. The molecule has 0 saturated carbocycles. The number of aromatic nitrogens is 4. The molecule has 2 N–H and O–H groups in total. The van der Waals surface area contributed by atoms with Crippen LogP contribution in [0.15, 0.2) is 12.4 Å². The fraction of sp³-hybridized carbons (Fsp3) is 0.538. The zero-order valence-electron chi connectivity index (χ0n) is 12.5. The highest BCUT2D eigenvalue weighted by Gasteiger charge is 2.28. The molecule has 0 aliphatic heterocycles. The lowest BCUT2D eigenvalue weighted by atomic mass is 10.1. The molecule has 114 valence electrons. The molecule has 0 atom stereocenters. The van der Waals surface area contributed by atoms with Crippen LogP contribution in [0.25, 0.3) is 0 Å². The molecule has 0 unspecified atom stereocenters. The second kappa shape index (κ2) is 6.38. The monoisotopic (exact) mass is 292 g/mol. The first-order valence-electron chi connectivity index (χ1n) is 6.94. The van der Waals surface area contributed by atoms with Gasteiger partial charge in [0.2, 0.25) is 5.82 Å². The Morgan fingerprint density at radius 3 is 2.86 bits per heavy atom. The Labute approximate surface area is 122 Å².